The molecule has 0 spiro atoms. The fourth-order valence-electron chi connectivity index (χ4n) is 1.79. The van der Waals surface area contributed by atoms with Crippen LogP contribution in [0.5, 0.6) is 5.75 Å². The molecule has 0 saturated carbocycles. The lowest BCUT2D eigenvalue weighted by Gasteiger charge is -2.07. The number of Topliss-reactive ketones (excluding diaryl/α,β-unsaturated/α-hetero) is 1. The van der Waals surface area contributed by atoms with E-state index in [9.17, 15) is 14.4 Å². The summed E-state index contributed by atoms with van der Waals surface area (Å²) in [5, 5.41) is 0.315. The molecule has 0 aliphatic rings. The minimum absolute atomic E-state index is 0.235. The second-order valence-corrected chi connectivity index (χ2v) is 3.91. The molecule has 0 amide bonds. The van der Waals surface area contributed by atoms with Gasteiger partial charge in [-0.3, -0.25) is 14.2 Å². The summed E-state index contributed by atoms with van der Waals surface area (Å²) in [6.45, 7) is 1.09. The van der Waals surface area contributed by atoms with E-state index in [-0.39, 0.29) is 12.3 Å². The van der Waals surface area contributed by atoms with E-state index < -0.39 is 11.2 Å². The summed E-state index contributed by atoms with van der Waals surface area (Å²) in [4.78, 5) is 37.4. The van der Waals surface area contributed by atoms with Gasteiger partial charge in [0.05, 0.1) is 24.6 Å². The number of carbonyl (C=O) groups is 1. The first kappa shape index (κ1) is 12.1. The number of ketones is 1. The van der Waals surface area contributed by atoms with Gasteiger partial charge in [-0.1, -0.05) is 6.07 Å². The molecule has 0 aliphatic carbocycles. The van der Waals surface area contributed by atoms with E-state index in [2.05, 4.69) is 4.98 Å². The van der Waals surface area contributed by atoms with Crippen LogP contribution in [0.15, 0.2) is 27.8 Å². The zero-order valence-electron chi connectivity index (χ0n) is 10.0. The van der Waals surface area contributed by atoms with Crippen molar-refractivity contribution < 1.29 is 9.53 Å². The fraction of sp³-hybridized carbons (Fsp3) is 0.250. The Kier molecular flexibility index (Phi) is 3.01. The van der Waals surface area contributed by atoms with E-state index >= 15 is 0 Å². The Morgan fingerprint density at radius 3 is 2.72 bits per heavy atom. The Labute approximate surface area is 102 Å². The maximum Gasteiger partial charge on any atom is 0.329 e. The van der Waals surface area contributed by atoms with Crippen molar-refractivity contribution in [2.75, 3.05) is 7.11 Å². The molecule has 2 rings (SSSR count). The molecular weight excluding hydrogens is 236 g/mol. The van der Waals surface area contributed by atoms with Gasteiger partial charge in [-0.25, -0.2) is 4.79 Å². The molecule has 18 heavy (non-hydrogen) atoms. The smallest absolute Gasteiger partial charge is 0.329 e. The standard InChI is InChI=1S/C12H12N2O4/c1-7(15)6-14-11(16)8-4-3-5-9(18-2)10(8)13-12(14)17/h3-5H,6H2,1-2H3,(H,13,17). The Bertz CT molecular complexity index is 727. The van der Waals surface area contributed by atoms with Crippen LogP contribution in [-0.2, 0) is 11.3 Å². The Morgan fingerprint density at radius 1 is 1.39 bits per heavy atom. The summed E-state index contributed by atoms with van der Waals surface area (Å²) in [7, 11) is 1.45. The van der Waals surface area contributed by atoms with Crippen LogP contribution in [0, 0.1) is 0 Å². The number of nitrogens with zero attached hydrogens (tertiary/aromatic N) is 1. The lowest BCUT2D eigenvalue weighted by molar-refractivity contribution is -0.117. The van der Waals surface area contributed by atoms with Crippen LogP contribution < -0.4 is 16.0 Å². The van der Waals surface area contributed by atoms with Crippen molar-refractivity contribution in [2.45, 2.75) is 13.5 Å². The van der Waals surface area contributed by atoms with Crippen LogP contribution >= 0.6 is 0 Å². The number of hydrogen-bond donors (Lipinski definition) is 1. The van der Waals surface area contributed by atoms with E-state index in [1.54, 1.807) is 18.2 Å². The van der Waals surface area contributed by atoms with E-state index in [0.29, 0.717) is 16.7 Å². The molecule has 0 unspecified atom stereocenters. The quantitative estimate of drug-likeness (QED) is 0.846. The van der Waals surface area contributed by atoms with Gasteiger partial charge in [-0.2, -0.15) is 0 Å². The van der Waals surface area contributed by atoms with Crippen molar-refractivity contribution in [1.29, 1.82) is 0 Å². The number of benzene rings is 1. The molecule has 1 N–H and O–H groups in total. The summed E-state index contributed by atoms with van der Waals surface area (Å²) in [5.74, 6) is 0.154. The fourth-order valence-corrected chi connectivity index (χ4v) is 1.79. The number of nitrogens with one attached hydrogen (secondary N) is 1. The van der Waals surface area contributed by atoms with Crippen LogP contribution in [0.4, 0.5) is 0 Å². The Balaban J connectivity index is 2.84. The van der Waals surface area contributed by atoms with Gasteiger partial charge in [-0.05, 0) is 19.1 Å². The Morgan fingerprint density at radius 2 is 2.11 bits per heavy atom. The van der Waals surface area contributed by atoms with Crippen molar-refractivity contribution in [3.63, 3.8) is 0 Å². The molecule has 2 aromatic rings. The number of carbonyl (C=O) groups excluding carboxylic acids is 1. The van der Waals surface area contributed by atoms with Crippen LogP contribution in [0.2, 0.25) is 0 Å². The lowest BCUT2D eigenvalue weighted by atomic mass is 10.2. The van der Waals surface area contributed by atoms with Gasteiger partial charge in [0.25, 0.3) is 5.56 Å². The Hall–Kier alpha value is -2.37. The number of rotatable bonds is 3. The number of para-hydroxylation sites is 1. The van der Waals surface area contributed by atoms with E-state index in [0.717, 1.165) is 4.57 Å². The summed E-state index contributed by atoms with van der Waals surface area (Å²) in [6.07, 6.45) is 0. The molecule has 1 heterocycles. The molecule has 1 aromatic heterocycles. The molecule has 0 bridgehead atoms. The first-order valence-corrected chi connectivity index (χ1v) is 5.34. The summed E-state index contributed by atoms with van der Waals surface area (Å²) < 4.78 is 5.95. The second-order valence-electron chi connectivity index (χ2n) is 3.91. The van der Waals surface area contributed by atoms with Crippen LogP contribution in [0.25, 0.3) is 10.9 Å². The molecule has 0 fully saturated rings. The van der Waals surface area contributed by atoms with Crippen molar-refractivity contribution in [3.05, 3.63) is 39.0 Å². The predicted molar refractivity (Wildman–Crippen MR) is 66.1 cm³/mol. The molecule has 94 valence electrons. The predicted octanol–water partition coefficient (Wildman–Crippen LogP) is 0.287. The molecule has 6 nitrogen and oxygen atoms in total. The minimum Gasteiger partial charge on any atom is -0.495 e. The van der Waals surface area contributed by atoms with Gasteiger partial charge >= 0.3 is 5.69 Å². The van der Waals surface area contributed by atoms with E-state index in [4.69, 9.17) is 4.74 Å². The topological polar surface area (TPSA) is 81.2 Å². The van der Waals surface area contributed by atoms with Crippen molar-refractivity contribution in [1.82, 2.24) is 9.55 Å². The molecule has 0 radical (unpaired) electrons. The number of H-pyrrole nitrogens is 1. The summed E-state index contributed by atoms with van der Waals surface area (Å²) in [6, 6.07) is 4.87. The maximum atomic E-state index is 12.1. The van der Waals surface area contributed by atoms with E-state index in [1.165, 1.54) is 14.0 Å². The highest BCUT2D eigenvalue weighted by Crippen LogP contribution is 2.19. The van der Waals surface area contributed by atoms with E-state index in [1.807, 2.05) is 0 Å². The van der Waals surface area contributed by atoms with Gasteiger partial charge in [0.1, 0.15) is 11.5 Å². The monoisotopic (exact) mass is 248 g/mol. The average Bonchev–Trinajstić information content (AvgIpc) is 2.33. The van der Waals surface area contributed by atoms with Gasteiger partial charge in [0.2, 0.25) is 0 Å². The minimum atomic E-state index is -0.618. The number of aromatic nitrogens is 2. The SMILES string of the molecule is COc1cccc2c(=O)n(CC(C)=O)c(=O)[nH]c12. The molecule has 6 heteroatoms. The second kappa shape index (κ2) is 4.48. The highest BCUT2D eigenvalue weighted by atomic mass is 16.5. The highest BCUT2D eigenvalue weighted by molar-refractivity contribution is 5.83. The molecule has 0 aliphatic heterocycles. The number of methoxy groups -OCH3 is 1. The van der Waals surface area contributed by atoms with Crippen LogP contribution in [-0.4, -0.2) is 22.4 Å². The average molecular weight is 248 g/mol. The van der Waals surface area contributed by atoms with Gasteiger partial charge in [0.15, 0.2) is 0 Å². The number of ether oxygens (including phenoxy) is 1. The van der Waals surface area contributed by atoms with Crippen LogP contribution in [0.3, 0.4) is 0 Å². The molecule has 0 saturated heterocycles. The molecular formula is C12H12N2O4. The zero-order chi connectivity index (χ0) is 13.3. The number of hydrogen-bond acceptors (Lipinski definition) is 4. The van der Waals surface area contributed by atoms with Crippen LogP contribution in [0.1, 0.15) is 6.92 Å². The first-order chi connectivity index (χ1) is 8.54. The lowest BCUT2D eigenvalue weighted by Crippen LogP contribution is -2.36. The zero-order valence-corrected chi connectivity index (χ0v) is 10.0. The van der Waals surface area contributed by atoms with Crippen molar-refractivity contribution in [3.8, 4) is 5.75 Å². The largest absolute Gasteiger partial charge is 0.495 e. The third-order valence-electron chi connectivity index (χ3n) is 2.58. The molecule has 1 aromatic carbocycles. The molecule has 0 atom stereocenters. The maximum absolute atomic E-state index is 12.1. The third-order valence-corrected chi connectivity index (χ3v) is 2.58. The van der Waals surface area contributed by atoms with Crippen molar-refractivity contribution in [2.24, 2.45) is 0 Å². The van der Waals surface area contributed by atoms with Gasteiger partial charge < -0.3 is 9.72 Å². The number of fused-ring (bicyclic) bond motifs is 1. The highest BCUT2D eigenvalue weighted by Gasteiger charge is 2.11. The normalized spacial score (nSPS) is 10.6. The van der Waals surface area contributed by atoms with Gasteiger partial charge in [0, 0.05) is 0 Å². The summed E-state index contributed by atoms with van der Waals surface area (Å²) >= 11 is 0. The number of aromatic amines is 1. The van der Waals surface area contributed by atoms with Gasteiger partial charge in [-0.15, -0.1) is 0 Å². The summed E-state index contributed by atoms with van der Waals surface area (Å²) in [5.41, 5.74) is -0.773. The third kappa shape index (κ3) is 1.92. The first-order valence-electron chi connectivity index (χ1n) is 5.34. The van der Waals surface area contributed by atoms with Crippen molar-refractivity contribution >= 4 is 16.7 Å².